The normalized spacial score (nSPS) is 29.7. The monoisotopic (exact) mass is 348 g/mol. The van der Waals surface area contributed by atoms with E-state index in [1.807, 2.05) is 6.92 Å². The van der Waals surface area contributed by atoms with Crippen molar-refractivity contribution in [3.8, 4) is 0 Å². The molecule has 0 saturated carbocycles. The molecule has 130 valence electrons. The van der Waals surface area contributed by atoms with Crippen molar-refractivity contribution < 1.29 is 13.9 Å². The van der Waals surface area contributed by atoms with E-state index in [1.165, 1.54) is 12.1 Å². The lowest BCUT2D eigenvalue weighted by Crippen LogP contribution is -2.91. The van der Waals surface area contributed by atoms with Crippen molar-refractivity contribution in [3.05, 3.63) is 39.9 Å². The molecule has 1 unspecified atom stereocenters. The summed E-state index contributed by atoms with van der Waals surface area (Å²) in [6.07, 6.45) is 1.65. The van der Waals surface area contributed by atoms with Gasteiger partial charge in [-0.05, 0) is 59.2 Å². The second kappa shape index (κ2) is 5.32. The zero-order valence-corrected chi connectivity index (χ0v) is 17.5. The minimum absolute atomic E-state index is 0.0430. The summed E-state index contributed by atoms with van der Waals surface area (Å²) in [4.78, 5) is 27.9. The third-order valence-corrected chi connectivity index (χ3v) is 8.92. The van der Waals surface area contributed by atoms with Crippen LogP contribution >= 0.6 is 0 Å². The Kier molecular flexibility index (Phi) is 4.10. The van der Waals surface area contributed by atoms with Crippen LogP contribution in [0, 0.1) is 10.1 Å². The molecule has 0 N–H and O–H groups in total. The van der Waals surface area contributed by atoms with Crippen molar-refractivity contribution in [2.75, 3.05) is 0 Å². The zero-order chi connectivity index (χ0) is 18.6. The molecule has 0 radical (unpaired) electrons. The summed E-state index contributed by atoms with van der Waals surface area (Å²) in [6.45, 7) is 12.4. The topological polar surface area (TPSA) is 72.6 Å². The molecule has 1 aliphatic rings. The molecule has 1 aromatic rings. The highest BCUT2D eigenvalue weighted by atomic mass is 28.2. The van der Waals surface area contributed by atoms with E-state index in [0.717, 1.165) is 16.0 Å². The summed E-state index contributed by atoms with van der Waals surface area (Å²) in [5.74, 6) is 0.143. The molecular weight excluding hydrogens is 322 g/mol. The first-order chi connectivity index (χ1) is 10.8. The van der Waals surface area contributed by atoms with Gasteiger partial charge in [0, 0.05) is 18.3 Å². The molecule has 0 aliphatic carbocycles. The van der Waals surface area contributed by atoms with Crippen molar-refractivity contribution in [1.82, 2.24) is 0 Å². The Morgan fingerprint density at radius 1 is 1.21 bits per heavy atom. The molecule has 1 fully saturated rings. The second-order valence-corrected chi connectivity index (χ2v) is 9.56. The minimum Gasteiger partial charge on any atom is -0.313 e. The molecule has 0 spiro atoms. The molecule has 0 aromatic heterocycles. The van der Waals surface area contributed by atoms with Gasteiger partial charge in [-0.25, -0.2) is 4.79 Å². The number of likely N-dealkylation sites (tertiary alicyclic amines) is 1. The van der Waals surface area contributed by atoms with Crippen molar-refractivity contribution in [2.24, 2.45) is 4.99 Å². The Bertz CT molecular complexity index is 722. The average molecular weight is 348 g/mol. The third-order valence-electron chi connectivity index (χ3n) is 6.05. The zero-order valence-electron chi connectivity index (χ0n) is 15.5. The molecule has 1 aromatic carbocycles. The van der Waals surface area contributed by atoms with E-state index in [-0.39, 0.29) is 22.7 Å². The first-order valence-electron chi connectivity index (χ1n) is 8.00. The lowest BCUT2D eigenvalue weighted by Gasteiger charge is -2.68. The van der Waals surface area contributed by atoms with Gasteiger partial charge < -0.3 is 4.15 Å². The number of amides is 1. The van der Waals surface area contributed by atoms with E-state index >= 15 is 0 Å². The number of hydrogen-bond donors (Lipinski definition) is 0. The number of nitro groups is 1. The van der Waals surface area contributed by atoms with Gasteiger partial charge in [-0.15, -0.1) is 0 Å². The van der Waals surface area contributed by atoms with Crippen molar-refractivity contribution in [3.63, 3.8) is 0 Å². The maximum atomic E-state index is 13.0. The predicted molar refractivity (Wildman–Crippen MR) is 98.1 cm³/mol. The van der Waals surface area contributed by atoms with E-state index in [2.05, 4.69) is 39.6 Å². The Morgan fingerprint density at radius 3 is 2.08 bits per heavy atom. The Labute approximate surface area is 145 Å². The maximum absolute atomic E-state index is 13.0. The summed E-state index contributed by atoms with van der Waals surface area (Å²) in [5.41, 5.74) is -0.453. The van der Waals surface area contributed by atoms with E-state index in [4.69, 9.17) is 0 Å². The van der Waals surface area contributed by atoms with Gasteiger partial charge >= 0.3 is 5.91 Å². The molecular formula is C17H26N3O3Si+. The summed E-state index contributed by atoms with van der Waals surface area (Å²) >= 11 is 0. The van der Waals surface area contributed by atoms with Crippen LogP contribution in [0.4, 0.5) is 5.69 Å². The fraction of sp³-hybridized carbons (Fsp3) is 0.529. The summed E-state index contributed by atoms with van der Waals surface area (Å²) in [7, 11) is 0.721. The number of hydrogen-bond acceptors (Lipinski definition) is 4. The van der Waals surface area contributed by atoms with Crippen LogP contribution in [0.1, 0.15) is 47.1 Å². The van der Waals surface area contributed by atoms with Gasteiger partial charge in [0.2, 0.25) is 15.9 Å². The van der Waals surface area contributed by atoms with Gasteiger partial charge in [0.25, 0.3) is 5.69 Å². The Balaban J connectivity index is 2.33. The van der Waals surface area contributed by atoms with Crippen molar-refractivity contribution in [1.29, 1.82) is 0 Å². The van der Waals surface area contributed by atoms with Crippen LogP contribution in [-0.4, -0.2) is 48.2 Å². The van der Waals surface area contributed by atoms with Gasteiger partial charge in [-0.2, -0.15) is 0 Å². The molecule has 1 amide bonds. The van der Waals surface area contributed by atoms with Crippen LogP contribution in [0.2, 0.25) is 0 Å². The van der Waals surface area contributed by atoms with Gasteiger partial charge in [-0.3, -0.25) is 15.1 Å². The van der Waals surface area contributed by atoms with E-state index in [9.17, 15) is 14.9 Å². The fourth-order valence-electron chi connectivity index (χ4n) is 3.58. The summed E-state index contributed by atoms with van der Waals surface area (Å²) in [5, 5.41) is 10.7. The predicted octanol–water partition coefficient (Wildman–Crippen LogP) is 1.99. The Morgan fingerprint density at radius 2 is 1.71 bits per heavy atom. The molecule has 6 nitrogen and oxygen atoms in total. The van der Waals surface area contributed by atoms with Crippen molar-refractivity contribution >= 4 is 28.2 Å². The number of nitrogens with zero attached hydrogens (tertiary/aromatic N) is 3. The molecule has 2 atom stereocenters. The van der Waals surface area contributed by atoms with Gasteiger partial charge in [-0.1, -0.05) is 0 Å². The van der Waals surface area contributed by atoms with Gasteiger partial charge in [0.15, 0.2) is 0 Å². The fourth-order valence-corrected chi connectivity index (χ4v) is 4.45. The number of carbonyl (C=O) groups excluding carboxylic acids is 1. The molecule has 1 heterocycles. The standard InChI is InChI=1S/C17H26N3O3Si/c1-15(2,3)20(24)14(21)17(6,16(20,4)5)18-11-12-7-9-13(10-8-12)19(22)23/h7-11H,1-6,24H3/q+1/t17-,20?/m0/s1. The highest BCUT2D eigenvalue weighted by Gasteiger charge is 2.77. The largest absolute Gasteiger partial charge is 0.330 e. The van der Waals surface area contributed by atoms with Crippen LogP contribution in [0.3, 0.4) is 0 Å². The number of β-lactam (4-membered cyclic amide) rings is 1. The van der Waals surface area contributed by atoms with E-state index < -0.39 is 10.5 Å². The number of benzene rings is 1. The smallest absolute Gasteiger partial charge is 0.313 e. The lowest BCUT2D eigenvalue weighted by molar-refractivity contribution is -0.882. The number of non-ortho nitro benzene ring substituents is 1. The molecule has 24 heavy (non-hydrogen) atoms. The number of rotatable bonds is 3. The second-order valence-electron chi connectivity index (χ2n) is 8.22. The lowest BCUT2D eigenvalue weighted by atomic mass is 9.67. The van der Waals surface area contributed by atoms with Crippen LogP contribution < -0.4 is 0 Å². The minimum atomic E-state index is -0.788. The van der Waals surface area contributed by atoms with E-state index in [1.54, 1.807) is 18.3 Å². The van der Waals surface area contributed by atoms with Crippen LogP contribution in [0.5, 0.6) is 0 Å². The van der Waals surface area contributed by atoms with Crippen LogP contribution in [0.25, 0.3) is 0 Å². The first kappa shape index (κ1) is 18.5. The molecule has 7 heteroatoms. The number of nitro benzene ring substituents is 1. The quantitative estimate of drug-likeness (QED) is 0.276. The van der Waals surface area contributed by atoms with Crippen LogP contribution in [0.15, 0.2) is 29.3 Å². The van der Waals surface area contributed by atoms with Crippen molar-refractivity contribution in [2.45, 2.75) is 58.2 Å². The number of carbonyl (C=O) groups is 1. The van der Waals surface area contributed by atoms with Crippen LogP contribution in [-0.2, 0) is 4.79 Å². The molecule has 1 aliphatic heterocycles. The summed E-state index contributed by atoms with van der Waals surface area (Å²) in [6, 6.07) is 6.18. The highest BCUT2D eigenvalue weighted by Crippen LogP contribution is 2.53. The first-order valence-corrected chi connectivity index (χ1v) is 8.90. The maximum Gasteiger partial charge on any atom is 0.330 e. The Hall–Kier alpha value is -1.86. The van der Waals surface area contributed by atoms with E-state index in [0.29, 0.717) is 4.15 Å². The third kappa shape index (κ3) is 2.26. The van der Waals surface area contributed by atoms with Gasteiger partial charge in [0.1, 0.15) is 5.54 Å². The number of aliphatic imine (C=N–C) groups is 1. The molecule has 1 saturated heterocycles. The average Bonchev–Trinajstić information content (AvgIpc) is 2.49. The van der Waals surface area contributed by atoms with Gasteiger partial charge in [0.05, 0.1) is 10.5 Å². The number of quaternary nitrogens is 1. The molecule has 0 bridgehead atoms. The highest BCUT2D eigenvalue weighted by molar-refractivity contribution is 6.11. The summed E-state index contributed by atoms with van der Waals surface area (Å²) < 4.78 is 0.452. The molecule has 2 rings (SSSR count). The SMILES string of the molecule is CC(C)(C)[N+]1([SiH3])C(=O)[C@](C)(N=Cc2ccc([N+](=O)[O-])cc2)C1(C)C.